The van der Waals surface area contributed by atoms with Crippen molar-refractivity contribution in [2.75, 3.05) is 17.7 Å². The second-order valence-electron chi connectivity index (χ2n) is 7.42. The Morgan fingerprint density at radius 2 is 1.68 bits per heavy atom. The summed E-state index contributed by atoms with van der Waals surface area (Å²) in [7, 11) is 1.45. The van der Waals surface area contributed by atoms with Gasteiger partial charge in [-0.15, -0.1) is 0 Å². The number of ether oxygens (including phenoxy) is 1. The lowest BCUT2D eigenvalue weighted by molar-refractivity contribution is 0.102. The Morgan fingerprint density at radius 3 is 2.38 bits per heavy atom. The second kappa shape index (κ2) is 9.91. The lowest BCUT2D eigenvalue weighted by Gasteiger charge is -2.12. The number of methoxy groups -OCH3 is 1. The van der Waals surface area contributed by atoms with Gasteiger partial charge < -0.3 is 15.4 Å². The van der Waals surface area contributed by atoms with Crippen molar-refractivity contribution in [2.24, 2.45) is 0 Å². The second-order valence-corrected chi connectivity index (χ2v) is 7.42. The number of nitrogens with one attached hydrogen (secondary N) is 2. The van der Waals surface area contributed by atoms with Crippen LogP contribution in [0.25, 0.3) is 11.3 Å². The first-order valence-electron chi connectivity index (χ1n) is 10.4. The Labute approximate surface area is 195 Å². The molecule has 4 aromatic rings. The van der Waals surface area contributed by atoms with E-state index >= 15 is 0 Å². The van der Waals surface area contributed by atoms with Crippen LogP contribution in [0.2, 0.25) is 0 Å². The Kier molecular flexibility index (Phi) is 6.59. The van der Waals surface area contributed by atoms with E-state index in [9.17, 15) is 14.0 Å². The van der Waals surface area contributed by atoms with Crippen LogP contribution in [0.5, 0.6) is 5.75 Å². The number of rotatable bonds is 6. The van der Waals surface area contributed by atoms with Crippen molar-refractivity contribution in [1.29, 1.82) is 0 Å². The highest BCUT2D eigenvalue weighted by atomic mass is 19.1. The van der Waals surface area contributed by atoms with Crippen LogP contribution in [-0.4, -0.2) is 28.9 Å². The van der Waals surface area contributed by atoms with Crippen LogP contribution in [0.1, 0.15) is 26.4 Å². The number of amides is 2. The minimum atomic E-state index is -0.433. The highest BCUT2D eigenvalue weighted by Crippen LogP contribution is 2.24. The maximum atomic E-state index is 14.0. The molecule has 2 N–H and O–H groups in total. The van der Waals surface area contributed by atoms with E-state index in [1.165, 1.54) is 25.4 Å². The van der Waals surface area contributed by atoms with E-state index in [1.807, 2.05) is 6.92 Å². The first-order valence-corrected chi connectivity index (χ1v) is 10.4. The van der Waals surface area contributed by atoms with Gasteiger partial charge in [-0.25, -0.2) is 4.39 Å². The minimum Gasteiger partial charge on any atom is -0.496 e. The molecule has 8 heteroatoms. The standard InChI is InChI=1S/C26H21FN4O3/c1-16-13-18(11-12-28-16)30-26(33)21-14-17(7-10-24(21)34-2)25(32)31-19-8-9-23(29-15-19)20-5-3-4-6-22(20)27/h3-15H,1-2H3,(H,31,32)(H,28,30,33). The lowest BCUT2D eigenvalue weighted by atomic mass is 10.1. The van der Waals surface area contributed by atoms with Gasteiger partial charge in [0.25, 0.3) is 11.8 Å². The van der Waals surface area contributed by atoms with Crippen LogP contribution in [0, 0.1) is 12.7 Å². The van der Waals surface area contributed by atoms with Crippen molar-refractivity contribution in [1.82, 2.24) is 9.97 Å². The van der Waals surface area contributed by atoms with Crippen LogP contribution < -0.4 is 15.4 Å². The Balaban J connectivity index is 1.52. The number of benzene rings is 2. The van der Waals surface area contributed by atoms with E-state index in [1.54, 1.807) is 60.8 Å². The molecule has 2 amide bonds. The highest BCUT2D eigenvalue weighted by Gasteiger charge is 2.17. The summed E-state index contributed by atoms with van der Waals surface area (Å²) in [6.45, 7) is 1.82. The number of aryl methyl sites for hydroxylation is 1. The number of nitrogens with zero attached hydrogens (tertiary/aromatic N) is 2. The largest absolute Gasteiger partial charge is 0.496 e. The molecule has 0 saturated carbocycles. The molecule has 0 radical (unpaired) electrons. The van der Waals surface area contributed by atoms with Gasteiger partial charge in [-0.05, 0) is 61.5 Å². The predicted molar refractivity (Wildman–Crippen MR) is 128 cm³/mol. The lowest BCUT2D eigenvalue weighted by Crippen LogP contribution is -2.17. The first-order chi connectivity index (χ1) is 16.4. The maximum Gasteiger partial charge on any atom is 0.259 e. The molecule has 4 rings (SSSR count). The van der Waals surface area contributed by atoms with Crippen LogP contribution in [0.4, 0.5) is 15.8 Å². The molecular weight excluding hydrogens is 435 g/mol. The summed E-state index contributed by atoms with van der Waals surface area (Å²) in [6.07, 6.45) is 3.04. The van der Waals surface area contributed by atoms with Crippen molar-refractivity contribution in [3.63, 3.8) is 0 Å². The summed E-state index contributed by atoms with van der Waals surface area (Å²) in [5, 5.41) is 5.52. The number of halogens is 1. The number of anilines is 2. The summed E-state index contributed by atoms with van der Waals surface area (Å²) in [5.41, 5.74) is 3.05. The fraction of sp³-hybridized carbons (Fsp3) is 0.0769. The maximum absolute atomic E-state index is 14.0. The Morgan fingerprint density at radius 1 is 0.882 bits per heavy atom. The van der Waals surface area contributed by atoms with E-state index in [0.717, 1.165) is 5.69 Å². The zero-order chi connectivity index (χ0) is 24.1. The average Bonchev–Trinajstić information content (AvgIpc) is 2.84. The van der Waals surface area contributed by atoms with E-state index in [2.05, 4.69) is 20.6 Å². The zero-order valence-corrected chi connectivity index (χ0v) is 18.5. The van der Waals surface area contributed by atoms with Gasteiger partial charge in [0.15, 0.2) is 0 Å². The molecule has 7 nitrogen and oxygen atoms in total. The van der Waals surface area contributed by atoms with Gasteiger partial charge in [0.1, 0.15) is 11.6 Å². The number of aromatic nitrogens is 2. The zero-order valence-electron chi connectivity index (χ0n) is 18.5. The smallest absolute Gasteiger partial charge is 0.259 e. The van der Waals surface area contributed by atoms with E-state index in [4.69, 9.17) is 4.74 Å². The molecule has 0 atom stereocenters. The van der Waals surface area contributed by atoms with Crippen LogP contribution in [0.3, 0.4) is 0 Å². The summed E-state index contributed by atoms with van der Waals surface area (Å²) in [6, 6.07) is 17.6. The number of carbonyl (C=O) groups excluding carboxylic acids is 2. The van der Waals surface area contributed by atoms with Crippen molar-refractivity contribution < 1.29 is 18.7 Å². The predicted octanol–water partition coefficient (Wildman–Crippen LogP) is 5.10. The summed E-state index contributed by atoms with van der Waals surface area (Å²) < 4.78 is 19.3. The van der Waals surface area contributed by atoms with Crippen LogP contribution in [0.15, 0.2) is 79.1 Å². The van der Waals surface area contributed by atoms with Gasteiger partial charge in [-0.1, -0.05) is 12.1 Å². The van der Waals surface area contributed by atoms with E-state index in [-0.39, 0.29) is 16.9 Å². The van der Waals surface area contributed by atoms with Gasteiger partial charge in [0.05, 0.1) is 30.3 Å². The normalized spacial score (nSPS) is 10.4. The van der Waals surface area contributed by atoms with E-state index in [0.29, 0.717) is 28.4 Å². The molecule has 2 aromatic carbocycles. The molecule has 0 aliphatic carbocycles. The van der Waals surface area contributed by atoms with Crippen molar-refractivity contribution in [2.45, 2.75) is 6.92 Å². The number of carbonyl (C=O) groups is 2. The third-order valence-electron chi connectivity index (χ3n) is 5.03. The summed E-state index contributed by atoms with van der Waals surface area (Å²) >= 11 is 0. The molecule has 34 heavy (non-hydrogen) atoms. The summed E-state index contributed by atoms with van der Waals surface area (Å²) in [5.74, 6) is -0.904. The molecule has 2 heterocycles. The molecule has 0 aliphatic heterocycles. The monoisotopic (exact) mass is 456 g/mol. The molecule has 170 valence electrons. The van der Waals surface area contributed by atoms with Crippen molar-refractivity contribution >= 4 is 23.2 Å². The molecule has 2 aromatic heterocycles. The Hall–Kier alpha value is -4.59. The molecule has 0 aliphatic rings. The molecule has 0 saturated heterocycles. The molecule has 0 fully saturated rings. The summed E-state index contributed by atoms with van der Waals surface area (Å²) in [4.78, 5) is 34.0. The third kappa shape index (κ3) is 5.07. The number of hydrogen-bond acceptors (Lipinski definition) is 5. The minimum absolute atomic E-state index is 0.206. The van der Waals surface area contributed by atoms with Gasteiger partial charge in [0.2, 0.25) is 0 Å². The SMILES string of the molecule is COc1ccc(C(=O)Nc2ccc(-c3ccccc3F)nc2)cc1C(=O)Nc1ccnc(C)c1. The fourth-order valence-electron chi connectivity index (χ4n) is 3.35. The third-order valence-corrected chi connectivity index (χ3v) is 5.03. The van der Waals surface area contributed by atoms with Crippen molar-refractivity contribution in [3.8, 4) is 17.0 Å². The topological polar surface area (TPSA) is 93.2 Å². The molecule has 0 spiro atoms. The van der Waals surface area contributed by atoms with Gasteiger partial charge in [-0.3, -0.25) is 19.6 Å². The van der Waals surface area contributed by atoms with Crippen LogP contribution in [-0.2, 0) is 0 Å². The van der Waals surface area contributed by atoms with Crippen molar-refractivity contribution in [3.05, 3.63) is 102 Å². The fourth-order valence-corrected chi connectivity index (χ4v) is 3.35. The van der Waals surface area contributed by atoms with Gasteiger partial charge in [0, 0.05) is 28.7 Å². The first kappa shape index (κ1) is 22.6. The molecular formula is C26H21FN4O3. The Bertz CT molecular complexity index is 1360. The highest BCUT2D eigenvalue weighted by molar-refractivity contribution is 6.10. The molecule has 0 bridgehead atoms. The van der Waals surface area contributed by atoms with E-state index < -0.39 is 11.8 Å². The van der Waals surface area contributed by atoms with Gasteiger partial charge >= 0.3 is 0 Å². The van der Waals surface area contributed by atoms with Crippen LogP contribution >= 0.6 is 0 Å². The number of pyridine rings is 2. The number of hydrogen-bond donors (Lipinski definition) is 2. The van der Waals surface area contributed by atoms with Gasteiger partial charge in [-0.2, -0.15) is 0 Å². The molecule has 0 unspecified atom stereocenters. The quantitative estimate of drug-likeness (QED) is 0.421. The average molecular weight is 456 g/mol.